The number of rotatable bonds is 5. The van der Waals surface area contributed by atoms with Gasteiger partial charge in [0.25, 0.3) is 0 Å². The third-order valence-electron chi connectivity index (χ3n) is 12.3. The molecule has 1 aromatic heterocycles. The summed E-state index contributed by atoms with van der Waals surface area (Å²) in [5.74, 6) is 2.28. The largest absolute Gasteiger partial charge is 0.296 e. The second kappa shape index (κ2) is 13.1. The zero-order valence-electron chi connectivity index (χ0n) is 30.6. The summed E-state index contributed by atoms with van der Waals surface area (Å²) in [6.07, 6.45) is 23.3. The van der Waals surface area contributed by atoms with Gasteiger partial charge in [-0.15, -0.1) is 0 Å². The summed E-state index contributed by atoms with van der Waals surface area (Å²) in [6.45, 7) is 0. The second-order valence-electron chi connectivity index (χ2n) is 15.4. The molecule has 0 spiro atoms. The normalized spacial score (nSPS) is 21.1. The molecule has 4 aliphatic rings. The smallest absolute Gasteiger partial charge is 0.121 e. The Labute approximate surface area is 322 Å². The standard InChI is InChI=1S/C53H40N2/c1-2-16-44(17-3-1)55-50-21-11-10-20-49(50)54-53(55)38-26-22-37(23-27-38)41-30-31-47-48(34-41)52(43-29-25-36-13-5-7-15-40(36)33-43)46-19-9-8-18-45(46)51(47)42-28-24-35-12-4-6-14-39(35)32-42/h1-26,28-31,33-34,38,42,45,51H,27,32H2/t38?,42-,45?,51?/m0/s1. The van der Waals surface area contributed by atoms with Crippen LogP contribution >= 0.6 is 0 Å². The quantitative estimate of drug-likeness (QED) is 0.174. The zero-order chi connectivity index (χ0) is 36.3. The Hall–Kier alpha value is -6.51. The minimum absolute atomic E-state index is 0.175. The molecular formula is C53H40N2. The fraction of sp³-hybridized carbons (Fsp3) is 0.113. The Morgan fingerprint density at radius 1 is 0.618 bits per heavy atom. The van der Waals surface area contributed by atoms with Crippen molar-refractivity contribution in [2.24, 2.45) is 11.8 Å². The summed E-state index contributed by atoms with van der Waals surface area (Å²) in [4.78, 5) is 5.20. The van der Waals surface area contributed by atoms with Gasteiger partial charge in [-0.05, 0) is 116 Å². The Kier molecular flexibility index (Phi) is 7.62. The van der Waals surface area contributed by atoms with Crippen molar-refractivity contribution < 1.29 is 0 Å². The first-order valence-corrected chi connectivity index (χ1v) is 19.7. The van der Waals surface area contributed by atoms with E-state index in [4.69, 9.17) is 4.98 Å². The highest BCUT2D eigenvalue weighted by atomic mass is 15.1. The summed E-state index contributed by atoms with van der Waals surface area (Å²) in [5.41, 5.74) is 15.5. The average molecular weight is 705 g/mol. The molecule has 0 saturated heterocycles. The molecule has 4 aliphatic carbocycles. The molecule has 0 radical (unpaired) electrons. The van der Waals surface area contributed by atoms with Crippen LogP contribution in [0.3, 0.4) is 0 Å². The lowest BCUT2D eigenvalue weighted by Gasteiger charge is -2.41. The van der Waals surface area contributed by atoms with Gasteiger partial charge >= 0.3 is 0 Å². The van der Waals surface area contributed by atoms with Crippen LogP contribution in [0.5, 0.6) is 0 Å². The molecule has 0 aliphatic heterocycles. The van der Waals surface area contributed by atoms with Crippen molar-refractivity contribution in [3.05, 3.63) is 233 Å². The number of allylic oxidation sites excluding steroid dienone is 10. The number of fused-ring (bicyclic) bond motifs is 5. The third-order valence-corrected chi connectivity index (χ3v) is 12.3. The van der Waals surface area contributed by atoms with Crippen LogP contribution in [0.25, 0.3) is 44.7 Å². The van der Waals surface area contributed by atoms with Crippen molar-refractivity contribution in [1.82, 2.24) is 9.55 Å². The Bertz CT molecular complexity index is 2840. The van der Waals surface area contributed by atoms with E-state index in [-0.39, 0.29) is 5.92 Å². The molecule has 1 heterocycles. The minimum atomic E-state index is 0.175. The molecule has 0 bridgehead atoms. The molecular weight excluding hydrogens is 665 g/mol. The monoisotopic (exact) mass is 704 g/mol. The maximum absolute atomic E-state index is 5.20. The topological polar surface area (TPSA) is 17.8 Å². The van der Waals surface area contributed by atoms with Gasteiger partial charge in [0.15, 0.2) is 0 Å². The lowest BCUT2D eigenvalue weighted by molar-refractivity contribution is 0.433. The van der Waals surface area contributed by atoms with E-state index in [0.29, 0.717) is 17.8 Å². The number of aromatic nitrogens is 2. The van der Waals surface area contributed by atoms with Gasteiger partial charge < -0.3 is 0 Å². The molecule has 0 N–H and O–H groups in total. The summed E-state index contributed by atoms with van der Waals surface area (Å²) >= 11 is 0. The van der Waals surface area contributed by atoms with Gasteiger partial charge in [-0.3, -0.25) is 4.57 Å². The van der Waals surface area contributed by atoms with Gasteiger partial charge in [-0.2, -0.15) is 0 Å². The maximum Gasteiger partial charge on any atom is 0.121 e. The average Bonchev–Trinajstić information content (AvgIpc) is 3.65. The molecule has 7 aromatic rings. The first kappa shape index (κ1) is 32.0. The third kappa shape index (κ3) is 5.43. The predicted molar refractivity (Wildman–Crippen MR) is 229 cm³/mol. The van der Waals surface area contributed by atoms with E-state index in [0.717, 1.165) is 35.4 Å². The molecule has 2 heteroatoms. The zero-order valence-corrected chi connectivity index (χ0v) is 30.6. The molecule has 0 saturated carbocycles. The van der Waals surface area contributed by atoms with Gasteiger partial charge in [0.05, 0.1) is 11.0 Å². The number of imidazole rings is 1. The van der Waals surface area contributed by atoms with E-state index in [1.807, 2.05) is 0 Å². The van der Waals surface area contributed by atoms with Crippen molar-refractivity contribution >= 4 is 39.0 Å². The van der Waals surface area contributed by atoms with Gasteiger partial charge in [0, 0.05) is 23.4 Å². The minimum Gasteiger partial charge on any atom is -0.296 e. The van der Waals surface area contributed by atoms with Crippen LogP contribution in [0.15, 0.2) is 194 Å². The van der Waals surface area contributed by atoms with Crippen LogP contribution in [0.4, 0.5) is 0 Å². The predicted octanol–water partition coefficient (Wildman–Crippen LogP) is 12.8. The van der Waals surface area contributed by atoms with Gasteiger partial charge in [0.2, 0.25) is 0 Å². The van der Waals surface area contributed by atoms with Crippen molar-refractivity contribution in [1.29, 1.82) is 0 Å². The Morgan fingerprint density at radius 3 is 2.35 bits per heavy atom. The lowest BCUT2D eigenvalue weighted by Crippen LogP contribution is -2.29. The van der Waals surface area contributed by atoms with E-state index in [1.165, 1.54) is 60.9 Å². The highest BCUT2D eigenvalue weighted by Crippen LogP contribution is 2.53. The van der Waals surface area contributed by atoms with Crippen molar-refractivity contribution in [2.45, 2.75) is 24.7 Å². The van der Waals surface area contributed by atoms with E-state index in [9.17, 15) is 0 Å². The van der Waals surface area contributed by atoms with Gasteiger partial charge in [0.1, 0.15) is 5.82 Å². The summed E-state index contributed by atoms with van der Waals surface area (Å²) in [6, 6.07) is 51.2. The summed E-state index contributed by atoms with van der Waals surface area (Å²) in [7, 11) is 0. The van der Waals surface area contributed by atoms with Crippen LogP contribution in [0.2, 0.25) is 0 Å². The van der Waals surface area contributed by atoms with Crippen LogP contribution in [0, 0.1) is 11.8 Å². The van der Waals surface area contributed by atoms with Crippen molar-refractivity contribution in [3.63, 3.8) is 0 Å². The van der Waals surface area contributed by atoms with Gasteiger partial charge in [-0.25, -0.2) is 4.98 Å². The van der Waals surface area contributed by atoms with E-state index < -0.39 is 0 Å². The summed E-state index contributed by atoms with van der Waals surface area (Å²) < 4.78 is 2.34. The van der Waals surface area contributed by atoms with Gasteiger partial charge in [-0.1, -0.05) is 158 Å². The first-order chi connectivity index (χ1) is 27.3. The molecule has 4 atom stereocenters. The van der Waals surface area contributed by atoms with Crippen LogP contribution < -0.4 is 0 Å². The second-order valence-corrected chi connectivity index (χ2v) is 15.4. The lowest BCUT2D eigenvalue weighted by atomic mass is 9.62. The fourth-order valence-electron chi connectivity index (χ4n) is 9.72. The molecule has 6 aromatic carbocycles. The van der Waals surface area contributed by atoms with Crippen LogP contribution in [-0.4, -0.2) is 9.55 Å². The highest BCUT2D eigenvalue weighted by molar-refractivity contribution is 5.94. The van der Waals surface area contributed by atoms with Crippen molar-refractivity contribution in [3.8, 4) is 5.69 Å². The number of hydrogen-bond acceptors (Lipinski definition) is 1. The molecule has 11 rings (SSSR count). The fourth-order valence-corrected chi connectivity index (χ4v) is 9.72. The molecule has 3 unspecified atom stereocenters. The van der Waals surface area contributed by atoms with E-state index in [1.54, 1.807) is 0 Å². The van der Waals surface area contributed by atoms with Crippen LogP contribution in [0.1, 0.15) is 57.5 Å². The molecule has 0 amide bonds. The number of benzene rings is 6. The molecule has 2 nitrogen and oxygen atoms in total. The Morgan fingerprint density at radius 2 is 1.44 bits per heavy atom. The molecule has 0 fully saturated rings. The number of nitrogens with zero attached hydrogens (tertiary/aromatic N) is 2. The Balaban J connectivity index is 1.02. The van der Waals surface area contributed by atoms with Crippen molar-refractivity contribution in [2.75, 3.05) is 0 Å². The maximum atomic E-state index is 5.20. The van der Waals surface area contributed by atoms with Crippen LogP contribution in [-0.2, 0) is 6.42 Å². The number of para-hydroxylation sites is 3. The first-order valence-electron chi connectivity index (χ1n) is 19.7. The SMILES string of the molecule is C1=CC2=C(c3ccc4ccccc4c3)c3cc(C4=CCC(c5nc6ccccc6n5-c5ccccc5)C=C4)ccc3C([C@H]3C=Cc4ccccc4C3)C2C=C1. The molecule has 262 valence electrons. The highest BCUT2D eigenvalue weighted by Gasteiger charge is 2.39. The van der Waals surface area contributed by atoms with E-state index >= 15 is 0 Å². The summed E-state index contributed by atoms with van der Waals surface area (Å²) in [5, 5.41) is 2.55. The molecule has 55 heavy (non-hydrogen) atoms. The van der Waals surface area contributed by atoms with E-state index in [2.05, 4.69) is 199 Å². The number of hydrogen-bond donors (Lipinski definition) is 0.